The highest BCUT2D eigenvalue weighted by Crippen LogP contribution is 2.18. The molecular formula is C16H27NO4. The van der Waals surface area contributed by atoms with Crippen molar-refractivity contribution < 1.29 is 19.7 Å². The molecule has 1 aromatic rings. The van der Waals surface area contributed by atoms with E-state index in [9.17, 15) is 5.11 Å². The van der Waals surface area contributed by atoms with Gasteiger partial charge in [-0.3, -0.25) is 0 Å². The van der Waals surface area contributed by atoms with Crippen molar-refractivity contribution >= 4 is 0 Å². The SMILES string of the molecule is COc1cccc(OCC(O)CNCCCC(C)CO)c1. The Morgan fingerprint density at radius 1 is 1.29 bits per heavy atom. The number of benzene rings is 1. The zero-order valence-corrected chi connectivity index (χ0v) is 12.9. The summed E-state index contributed by atoms with van der Waals surface area (Å²) in [6.07, 6.45) is 1.43. The van der Waals surface area contributed by atoms with E-state index in [1.165, 1.54) is 0 Å². The molecule has 0 heterocycles. The number of aliphatic hydroxyl groups is 2. The van der Waals surface area contributed by atoms with Gasteiger partial charge in [0.25, 0.3) is 0 Å². The summed E-state index contributed by atoms with van der Waals surface area (Å²) in [6, 6.07) is 7.31. The second kappa shape index (κ2) is 10.4. The summed E-state index contributed by atoms with van der Waals surface area (Å²) in [7, 11) is 1.61. The first kappa shape index (κ1) is 17.8. The number of nitrogens with one attached hydrogen (secondary N) is 1. The topological polar surface area (TPSA) is 71.0 Å². The van der Waals surface area contributed by atoms with Crippen LogP contribution in [-0.2, 0) is 0 Å². The van der Waals surface area contributed by atoms with Crippen molar-refractivity contribution in [2.24, 2.45) is 5.92 Å². The van der Waals surface area contributed by atoms with E-state index in [4.69, 9.17) is 14.6 Å². The molecule has 0 saturated heterocycles. The molecule has 5 heteroatoms. The van der Waals surface area contributed by atoms with E-state index in [1.807, 2.05) is 25.1 Å². The van der Waals surface area contributed by atoms with Crippen molar-refractivity contribution in [2.75, 3.05) is 33.4 Å². The molecule has 0 saturated carbocycles. The van der Waals surface area contributed by atoms with E-state index in [0.717, 1.165) is 25.1 Å². The van der Waals surface area contributed by atoms with Crippen molar-refractivity contribution in [2.45, 2.75) is 25.9 Å². The molecule has 1 rings (SSSR count). The Morgan fingerprint density at radius 2 is 2.05 bits per heavy atom. The fourth-order valence-electron chi connectivity index (χ4n) is 1.88. The van der Waals surface area contributed by atoms with Gasteiger partial charge >= 0.3 is 0 Å². The Hall–Kier alpha value is -1.30. The van der Waals surface area contributed by atoms with Gasteiger partial charge in [0.05, 0.1) is 7.11 Å². The van der Waals surface area contributed by atoms with Gasteiger partial charge in [0.15, 0.2) is 0 Å². The summed E-state index contributed by atoms with van der Waals surface area (Å²) in [5, 5.41) is 21.9. The predicted molar refractivity (Wildman–Crippen MR) is 82.8 cm³/mol. The van der Waals surface area contributed by atoms with Gasteiger partial charge in [0.2, 0.25) is 0 Å². The van der Waals surface area contributed by atoms with Crippen LogP contribution >= 0.6 is 0 Å². The number of rotatable bonds is 11. The monoisotopic (exact) mass is 297 g/mol. The van der Waals surface area contributed by atoms with E-state index in [0.29, 0.717) is 18.2 Å². The molecular weight excluding hydrogens is 270 g/mol. The molecule has 5 nitrogen and oxygen atoms in total. The Kier molecular flexibility index (Phi) is 8.82. The molecule has 1 aromatic carbocycles. The standard InChI is InChI=1S/C16H27NO4/c1-13(11-18)5-4-8-17-10-14(19)12-21-16-7-3-6-15(9-16)20-2/h3,6-7,9,13-14,17-19H,4-5,8,10-12H2,1-2H3. The maximum absolute atomic E-state index is 9.83. The minimum absolute atomic E-state index is 0.233. The van der Waals surface area contributed by atoms with Gasteiger partial charge in [-0.05, 0) is 37.4 Å². The van der Waals surface area contributed by atoms with Crippen LogP contribution in [0, 0.1) is 5.92 Å². The molecule has 3 N–H and O–H groups in total. The van der Waals surface area contributed by atoms with Crippen molar-refractivity contribution in [1.29, 1.82) is 0 Å². The second-order valence-electron chi connectivity index (χ2n) is 5.28. The molecule has 0 radical (unpaired) electrons. The van der Waals surface area contributed by atoms with Crippen LogP contribution < -0.4 is 14.8 Å². The van der Waals surface area contributed by atoms with Gasteiger partial charge < -0.3 is 25.0 Å². The molecule has 2 atom stereocenters. The Bertz CT molecular complexity index is 386. The van der Waals surface area contributed by atoms with Crippen LogP contribution in [0.15, 0.2) is 24.3 Å². The lowest BCUT2D eigenvalue weighted by atomic mass is 10.1. The smallest absolute Gasteiger partial charge is 0.123 e. The third kappa shape index (κ3) is 7.90. The number of aliphatic hydroxyl groups excluding tert-OH is 2. The average molecular weight is 297 g/mol. The van der Waals surface area contributed by atoms with Gasteiger partial charge in [0.1, 0.15) is 24.2 Å². The highest BCUT2D eigenvalue weighted by Gasteiger charge is 2.06. The van der Waals surface area contributed by atoms with Gasteiger partial charge in [-0.25, -0.2) is 0 Å². The normalized spacial score (nSPS) is 13.7. The first-order valence-electron chi connectivity index (χ1n) is 7.42. The zero-order valence-electron chi connectivity index (χ0n) is 12.9. The molecule has 0 aliphatic rings. The van der Waals surface area contributed by atoms with Crippen molar-refractivity contribution in [3.05, 3.63) is 24.3 Å². The van der Waals surface area contributed by atoms with E-state index < -0.39 is 6.10 Å². The quantitative estimate of drug-likeness (QED) is 0.539. The highest BCUT2D eigenvalue weighted by atomic mass is 16.5. The van der Waals surface area contributed by atoms with E-state index in [-0.39, 0.29) is 13.2 Å². The predicted octanol–water partition coefficient (Wildman–Crippen LogP) is 1.43. The molecule has 0 bridgehead atoms. The molecule has 0 aliphatic heterocycles. The molecule has 0 amide bonds. The van der Waals surface area contributed by atoms with Crippen molar-refractivity contribution in [3.8, 4) is 11.5 Å². The third-order valence-electron chi connectivity index (χ3n) is 3.23. The number of ether oxygens (including phenoxy) is 2. The fourth-order valence-corrected chi connectivity index (χ4v) is 1.88. The van der Waals surface area contributed by atoms with Crippen LogP contribution in [0.5, 0.6) is 11.5 Å². The molecule has 0 aliphatic carbocycles. The lowest BCUT2D eigenvalue weighted by molar-refractivity contribution is 0.106. The molecule has 0 aromatic heterocycles. The maximum atomic E-state index is 9.83. The Balaban J connectivity index is 2.12. The van der Waals surface area contributed by atoms with Crippen LogP contribution in [-0.4, -0.2) is 49.7 Å². The van der Waals surface area contributed by atoms with Crippen molar-refractivity contribution in [1.82, 2.24) is 5.32 Å². The number of hydrogen-bond donors (Lipinski definition) is 3. The minimum Gasteiger partial charge on any atom is -0.497 e. The molecule has 0 spiro atoms. The Morgan fingerprint density at radius 3 is 2.76 bits per heavy atom. The first-order chi connectivity index (χ1) is 10.2. The summed E-state index contributed by atoms with van der Waals surface area (Å²) in [6.45, 7) is 3.83. The van der Waals surface area contributed by atoms with Gasteiger partial charge in [-0.1, -0.05) is 13.0 Å². The Labute approximate surface area is 126 Å². The van der Waals surface area contributed by atoms with Gasteiger partial charge in [0, 0.05) is 19.2 Å². The van der Waals surface area contributed by atoms with Crippen LogP contribution in [0.4, 0.5) is 0 Å². The molecule has 2 unspecified atom stereocenters. The maximum Gasteiger partial charge on any atom is 0.123 e. The molecule has 120 valence electrons. The van der Waals surface area contributed by atoms with E-state index in [2.05, 4.69) is 5.32 Å². The van der Waals surface area contributed by atoms with Crippen molar-refractivity contribution in [3.63, 3.8) is 0 Å². The molecule has 0 fully saturated rings. The first-order valence-corrected chi connectivity index (χ1v) is 7.42. The van der Waals surface area contributed by atoms with E-state index >= 15 is 0 Å². The second-order valence-corrected chi connectivity index (χ2v) is 5.28. The minimum atomic E-state index is -0.550. The number of hydrogen-bond acceptors (Lipinski definition) is 5. The molecule has 21 heavy (non-hydrogen) atoms. The zero-order chi connectivity index (χ0) is 15.5. The lowest BCUT2D eigenvalue weighted by Gasteiger charge is -2.14. The summed E-state index contributed by atoms with van der Waals surface area (Å²) >= 11 is 0. The third-order valence-corrected chi connectivity index (χ3v) is 3.23. The average Bonchev–Trinajstić information content (AvgIpc) is 2.52. The summed E-state index contributed by atoms with van der Waals surface area (Å²) in [5.41, 5.74) is 0. The largest absolute Gasteiger partial charge is 0.497 e. The van der Waals surface area contributed by atoms with Crippen LogP contribution in [0.1, 0.15) is 19.8 Å². The summed E-state index contributed by atoms with van der Waals surface area (Å²) < 4.78 is 10.6. The fraction of sp³-hybridized carbons (Fsp3) is 0.625. The van der Waals surface area contributed by atoms with Gasteiger partial charge in [-0.15, -0.1) is 0 Å². The number of methoxy groups -OCH3 is 1. The van der Waals surface area contributed by atoms with Crippen LogP contribution in [0.25, 0.3) is 0 Å². The van der Waals surface area contributed by atoms with Crippen LogP contribution in [0.2, 0.25) is 0 Å². The van der Waals surface area contributed by atoms with E-state index in [1.54, 1.807) is 13.2 Å². The van der Waals surface area contributed by atoms with Crippen LogP contribution in [0.3, 0.4) is 0 Å². The summed E-state index contributed by atoms with van der Waals surface area (Å²) in [5.74, 6) is 1.76. The van der Waals surface area contributed by atoms with Gasteiger partial charge in [-0.2, -0.15) is 0 Å². The summed E-state index contributed by atoms with van der Waals surface area (Å²) in [4.78, 5) is 0. The highest BCUT2D eigenvalue weighted by molar-refractivity contribution is 5.32. The lowest BCUT2D eigenvalue weighted by Crippen LogP contribution is -2.32.